The van der Waals surface area contributed by atoms with Crippen molar-refractivity contribution in [3.8, 4) is 28.2 Å². The highest BCUT2D eigenvalue weighted by molar-refractivity contribution is 5.80. The molecule has 182 valence electrons. The molecule has 0 amide bonds. The molecule has 0 atom stereocenters. The van der Waals surface area contributed by atoms with E-state index in [-0.39, 0.29) is 5.69 Å². The number of alkyl halides is 1. The van der Waals surface area contributed by atoms with E-state index in [1.165, 1.54) is 4.57 Å². The summed E-state index contributed by atoms with van der Waals surface area (Å²) >= 11 is 0. The van der Waals surface area contributed by atoms with Gasteiger partial charge >= 0.3 is 5.69 Å². The van der Waals surface area contributed by atoms with E-state index in [1.807, 2.05) is 78.9 Å². The minimum Gasteiger partial charge on any atom is -0.291 e. The van der Waals surface area contributed by atoms with Crippen molar-refractivity contribution in [2.45, 2.75) is 39.4 Å². The fourth-order valence-corrected chi connectivity index (χ4v) is 4.58. The normalized spacial score (nSPS) is 11.2. The highest BCUT2D eigenvalue weighted by atomic mass is 19.1. The zero-order valence-corrected chi connectivity index (χ0v) is 20.1. The lowest BCUT2D eigenvalue weighted by molar-refractivity contribution is 0.466. The summed E-state index contributed by atoms with van der Waals surface area (Å²) in [5, 5.41) is 14.4. The van der Waals surface area contributed by atoms with Gasteiger partial charge in [-0.2, -0.15) is 5.21 Å². The van der Waals surface area contributed by atoms with Crippen LogP contribution in [0.4, 0.5) is 4.39 Å². The zero-order valence-electron chi connectivity index (χ0n) is 20.1. The summed E-state index contributed by atoms with van der Waals surface area (Å²) in [5.41, 5.74) is 5.50. The lowest BCUT2D eigenvalue weighted by Crippen LogP contribution is -2.25. The molecule has 0 bridgehead atoms. The lowest BCUT2D eigenvalue weighted by atomic mass is 9.98. The molecule has 8 heteroatoms. The van der Waals surface area contributed by atoms with Crippen molar-refractivity contribution in [1.82, 2.24) is 29.8 Å². The Morgan fingerprint density at radius 1 is 0.889 bits per heavy atom. The van der Waals surface area contributed by atoms with Gasteiger partial charge in [0.05, 0.1) is 17.9 Å². The highest BCUT2D eigenvalue weighted by Gasteiger charge is 2.21. The molecule has 2 aromatic heterocycles. The molecule has 0 spiro atoms. The maximum atomic E-state index is 14.3. The van der Waals surface area contributed by atoms with Crippen LogP contribution in [0, 0.1) is 0 Å². The van der Waals surface area contributed by atoms with Gasteiger partial charge in [0, 0.05) is 11.3 Å². The van der Waals surface area contributed by atoms with Crippen molar-refractivity contribution in [2.75, 3.05) is 0 Å². The van der Waals surface area contributed by atoms with Crippen LogP contribution in [0.15, 0.2) is 83.7 Å². The van der Waals surface area contributed by atoms with Crippen molar-refractivity contribution >= 4 is 0 Å². The first kappa shape index (κ1) is 23.4. The summed E-state index contributed by atoms with van der Waals surface area (Å²) in [5.74, 6) is 0.530. The number of H-pyrrole nitrogens is 1. The van der Waals surface area contributed by atoms with Crippen LogP contribution in [0.25, 0.3) is 28.2 Å². The van der Waals surface area contributed by atoms with Gasteiger partial charge in [-0.1, -0.05) is 80.1 Å². The maximum absolute atomic E-state index is 14.3. The van der Waals surface area contributed by atoms with E-state index >= 15 is 0 Å². The van der Waals surface area contributed by atoms with Crippen LogP contribution in [0.2, 0.25) is 0 Å². The Labute approximate surface area is 208 Å². The molecule has 0 fully saturated rings. The third-order valence-corrected chi connectivity index (χ3v) is 6.38. The van der Waals surface area contributed by atoms with Gasteiger partial charge in [0.15, 0.2) is 0 Å². The van der Waals surface area contributed by atoms with E-state index in [2.05, 4.69) is 27.5 Å². The molecule has 0 radical (unpaired) electrons. The van der Waals surface area contributed by atoms with Crippen LogP contribution in [0.5, 0.6) is 0 Å². The van der Waals surface area contributed by atoms with Crippen LogP contribution in [-0.4, -0.2) is 29.8 Å². The van der Waals surface area contributed by atoms with Crippen molar-refractivity contribution in [1.29, 1.82) is 0 Å². The van der Waals surface area contributed by atoms with Gasteiger partial charge in [-0.15, -0.1) is 10.2 Å². The summed E-state index contributed by atoms with van der Waals surface area (Å²) in [4.78, 5) is 13.5. The number of tetrazole rings is 1. The second kappa shape index (κ2) is 10.5. The molecule has 0 aliphatic carbocycles. The van der Waals surface area contributed by atoms with Gasteiger partial charge in [0.25, 0.3) is 0 Å². The number of unbranched alkanes of at least 4 members (excludes halogenated alkanes) is 1. The summed E-state index contributed by atoms with van der Waals surface area (Å²) < 4.78 is 17.5. The fraction of sp³-hybridized carbons (Fsp3) is 0.214. The Balaban J connectivity index is 1.51. The Morgan fingerprint density at radius 3 is 2.28 bits per heavy atom. The predicted octanol–water partition coefficient (Wildman–Crippen LogP) is 5.35. The monoisotopic (exact) mass is 482 g/mol. The first-order chi connectivity index (χ1) is 17.7. The summed E-state index contributed by atoms with van der Waals surface area (Å²) in [6, 6.07) is 25.2. The molecule has 0 aliphatic heterocycles. The molecule has 0 unspecified atom stereocenters. The maximum Gasteiger partial charge on any atom is 0.333 e. The topological polar surface area (TPSA) is 81.4 Å². The third kappa shape index (κ3) is 4.49. The Bertz CT molecular complexity index is 1490. The number of benzene rings is 3. The van der Waals surface area contributed by atoms with Crippen LogP contribution < -0.4 is 5.69 Å². The molecule has 0 saturated heterocycles. The minimum atomic E-state index is -0.692. The quantitative estimate of drug-likeness (QED) is 0.307. The Hall–Kier alpha value is -4.33. The van der Waals surface area contributed by atoms with Gasteiger partial charge < -0.3 is 0 Å². The lowest BCUT2D eigenvalue weighted by Gasteiger charge is -2.10. The number of para-hydroxylation sites is 1. The predicted molar refractivity (Wildman–Crippen MR) is 138 cm³/mol. The second-order valence-corrected chi connectivity index (χ2v) is 8.65. The first-order valence-corrected chi connectivity index (χ1v) is 12.1. The van der Waals surface area contributed by atoms with Crippen molar-refractivity contribution in [3.63, 3.8) is 0 Å². The average molecular weight is 483 g/mol. The Kier molecular flexibility index (Phi) is 6.84. The number of nitrogens with zero attached hydrogens (tertiary/aromatic N) is 5. The van der Waals surface area contributed by atoms with Crippen molar-refractivity contribution < 1.29 is 4.39 Å². The number of imidazole rings is 1. The second-order valence-electron chi connectivity index (χ2n) is 8.65. The van der Waals surface area contributed by atoms with E-state index in [9.17, 15) is 9.18 Å². The molecule has 2 heterocycles. The van der Waals surface area contributed by atoms with E-state index < -0.39 is 6.67 Å². The van der Waals surface area contributed by atoms with Crippen LogP contribution in [-0.2, 0) is 19.6 Å². The SMILES string of the molecule is CCCCc1c(CF)n(-c2ccccc2)c(=O)n1Cc1ccc(-c2ccccc2-c2nn[nH]n2)cc1. The number of aromatic amines is 1. The van der Waals surface area contributed by atoms with Crippen LogP contribution >= 0.6 is 0 Å². The van der Waals surface area contributed by atoms with Crippen LogP contribution in [0.3, 0.4) is 0 Å². The molecule has 5 aromatic rings. The molecule has 3 aromatic carbocycles. The van der Waals surface area contributed by atoms with E-state index in [0.29, 0.717) is 30.2 Å². The number of nitrogens with one attached hydrogen (secondary N) is 1. The fourth-order valence-electron chi connectivity index (χ4n) is 4.58. The van der Waals surface area contributed by atoms with E-state index in [4.69, 9.17) is 0 Å². The molecule has 36 heavy (non-hydrogen) atoms. The number of aromatic nitrogens is 6. The summed E-state index contributed by atoms with van der Waals surface area (Å²) in [6.07, 6.45) is 2.50. The molecule has 7 nitrogen and oxygen atoms in total. The van der Waals surface area contributed by atoms with Crippen molar-refractivity contribution in [2.24, 2.45) is 0 Å². The standard InChI is InChI=1S/C28H27FN6O/c1-2-3-13-25-26(18-29)35(22-9-5-4-6-10-22)28(36)34(25)19-20-14-16-21(17-15-20)23-11-7-8-12-24(23)27-30-32-33-31-27/h4-12,14-17H,2-3,13,18-19H2,1H3,(H,30,31,32,33). The Morgan fingerprint density at radius 2 is 1.61 bits per heavy atom. The van der Waals surface area contributed by atoms with Gasteiger partial charge in [-0.05, 0) is 46.9 Å². The molecule has 5 rings (SSSR count). The van der Waals surface area contributed by atoms with E-state index in [0.717, 1.165) is 40.8 Å². The smallest absolute Gasteiger partial charge is 0.291 e. The van der Waals surface area contributed by atoms with Gasteiger partial charge in [-0.25, -0.2) is 9.18 Å². The first-order valence-electron chi connectivity index (χ1n) is 12.1. The van der Waals surface area contributed by atoms with E-state index in [1.54, 1.807) is 4.57 Å². The van der Waals surface area contributed by atoms with Gasteiger partial charge in [-0.3, -0.25) is 9.13 Å². The molecule has 1 N–H and O–H groups in total. The van der Waals surface area contributed by atoms with Gasteiger partial charge in [0.2, 0.25) is 5.82 Å². The zero-order chi connectivity index (χ0) is 24.9. The number of hydrogen-bond acceptors (Lipinski definition) is 4. The van der Waals surface area contributed by atoms with Crippen LogP contribution in [0.1, 0.15) is 36.7 Å². The number of hydrogen-bond donors (Lipinski definition) is 1. The minimum absolute atomic E-state index is 0.216. The molecule has 0 aliphatic rings. The molecular formula is C28H27FN6O. The third-order valence-electron chi connectivity index (χ3n) is 6.38. The molecular weight excluding hydrogens is 455 g/mol. The average Bonchev–Trinajstić information content (AvgIpc) is 3.55. The highest BCUT2D eigenvalue weighted by Crippen LogP contribution is 2.30. The number of halogens is 1. The number of rotatable bonds is 9. The van der Waals surface area contributed by atoms with Crippen molar-refractivity contribution in [3.05, 3.63) is 106 Å². The van der Waals surface area contributed by atoms with Gasteiger partial charge in [0.1, 0.15) is 6.67 Å². The summed E-state index contributed by atoms with van der Waals surface area (Å²) in [6.45, 7) is 1.77. The molecule has 0 saturated carbocycles. The largest absolute Gasteiger partial charge is 0.333 e. The summed E-state index contributed by atoms with van der Waals surface area (Å²) in [7, 11) is 0.